The predicted octanol–water partition coefficient (Wildman–Crippen LogP) is 2.62. The van der Waals surface area contributed by atoms with E-state index >= 15 is 0 Å². The standard InChI is InChI=1S/C13H18BrNO/c14-12-4-2-1-3-10(12)9-13(16)7-5-11(15)6-8-13/h1-4,11,16H,5-9,15H2. The van der Waals surface area contributed by atoms with Gasteiger partial charge in [0, 0.05) is 16.9 Å². The monoisotopic (exact) mass is 283 g/mol. The zero-order chi connectivity index (χ0) is 11.6. The van der Waals surface area contributed by atoms with Gasteiger partial charge in [-0.15, -0.1) is 0 Å². The van der Waals surface area contributed by atoms with Gasteiger partial charge in [-0.1, -0.05) is 34.1 Å². The van der Waals surface area contributed by atoms with Crippen molar-refractivity contribution in [1.82, 2.24) is 0 Å². The van der Waals surface area contributed by atoms with Crippen molar-refractivity contribution < 1.29 is 5.11 Å². The number of aliphatic hydroxyl groups is 1. The van der Waals surface area contributed by atoms with Gasteiger partial charge < -0.3 is 10.8 Å². The minimum Gasteiger partial charge on any atom is -0.390 e. The molecular weight excluding hydrogens is 266 g/mol. The second-order valence-corrected chi connectivity index (χ2v) is 5.68. The van der Waals surface area contributed by atoms with Gasteiger partial charge in [0.2, 0.25) is 0 Å². The van der Waals surface area contributed by atoms with Gasteiger partial charge in [0.15, 0.2) is 0 Å². The molecule has 0 aliphatic heterocycles. The van der Waals surface area contributed by atoms with Gasteiger partial charge in [-0.05, 0) is 37.3 Å². The second-order valence-electron chi connectivity index (χ2n) is 4.83. The Morgan fingerprint density at radius 1 is 1.31 bits per heavy atom. The van der Waals surface area contributed by atoms with Crippen molar-refractivity contribution in [3.8, 4) is 0 Å². The molecule has 16 heavy (non-hydrogen) atoms. The highest BCUT2D eigenvalue weighted by Crippen LogP contribution is 2.32. The summed E-state index contributed by atoms with van der Waals surface area (Å²) in [4.78, 5) is 0. The van der Waals surface area contributed by atoms with Crippen molar-refractivity contribution >= 4 is 15.9 Å². The van der Waals surface area contributed by atoms with Crippen molar-refractivity contribution in [1.29, 1.82) is 0 Å². The molecule has 0 bridgehead atoms. The number of nitrogens with two attached hydrogens (primary N) is 1. The Morgan fingerprint density at radius 2 is 1.94 bits per heavy atom. The topological polar surface area (TPSA) is 46.2 Å². The average Bonchev–Trinajstić information content (AvgIpc) is 2.27. The highest BCUT2D eigenvalue weighted by atomic mass is 79.9. The Labute approximate surface area is 105 Å². The molecule has 1 aromatic rings. The molecular formula is C13H18BrNO. The molecule has 1 aliphatic carbocycles. The summed E-state index contributed by atoms with van der Waals surface area (Å²) >= 11 is 3.52. The third-order valence-electron chi connectivity index (χ3n) is 3.44. The summed E-state index contributed by atoms with van der Waals surface area (Å²) in [5, 5.41) is 10.5. The molecule has 1 fully saturated rings. The molecule has 0 heterocycles. The molecule has 0 saturated heterocycles. The molecule has 0 atom stereocenters. The maximum absolute atomic E-state index is 10.5. The number of benzene rings is 1. The van der Waals surface area contributed by atoms with Crippen LogP contribution in [0.4, 0.5) is 0 Å². The summed E-state index contributed by atoms with van der Waals surface area (Å²) < 4.78 is 1.08. The van der Waals surface area contributed by atoms with Crippen LogP contribution in [0, 0.1) is 0 Å². The zero-order valence-corrected chi connectivity index (χ0v) is 10.9. The molecule has 0 amide bonds. The van der Waals surface area contributed by atoms with Crippen molar-refractivity contribution in [2.45, 2.75) is 43.7 Å². The lowest BCUT2D eigenvalue weighted by atomic mass is 9.79. The van der Waals surface area contributed by atoms with Crippen LogP contribution in [-0.4, -0.2) is 16.7 Å². The molecule has 2 rings (SSSR count). The maximum Gasteiger partial charge on any atom is 0.0689 e. The van der Waals surface area contributed by atoms with Crippen LogP contribution >= 0.6 is 15.9 Å². The Morgan fingerprint density at radius 3 is 2.56 bits per heavy atom. The van der Waals surface area contributed by atoms with E-state index in [1.165, 1.54) is 5.56 Å². The van der Waals surface area contributed by atoms with E-state index in [-0.39, 0.29) is 6.04 Å². The Bertz CT molecular complexity index is 359. The third kappa shape index (κ3) is 2.84. The van der Waals surface area contributed by atoms with E-state index in [0.29, 0.717) is 0 Å². The minimum absolute atomic E-state index is 0.277. The van der Waals surface area contributed by atoms with Crippen LogP contribution in [0.5, 0.6) is 0 Å². The fraction of sp³-hybridized carbons (Fsp3) is 0.538. The summed E-state index contributed by atoms with van der Waals surface area (Å²) in [5.41, 5.74) is 6.48. The fourth-order valence-electron chi connectivity index (χ4n) is 2.35. The summed E-state index contributed by atoms with van der Waals surface area (Å²) in [6.45, 7) is 0. The first-order valence-electron chi connectivity index (χ1n) is 5.80. The van der Waals surface area contributed by atoms with E-state index in [1.807, 2.05) is 18.2 Å². The van der Waals surface area contributed by atoms with Crippen LogP contribution in [-0.2, 0) is 6.42 Å². The highest BCUT2D eigenvalue weighted by Gasteiger charge is 2.32. The first-order chi connectivity index (χ1) is 7.59. The first-order valence-corrected chi connectivity index (χ1v) is 6.60. The molecule has 0 radical (unpaired) electrons. The summed E-state index contributed by atoms with van der Waals surface area (Å²) in [6, 6.07) is 8.37. The fourth-order valence-corrected chi connectivity index (χ4v) is 2.78. The predicted molar refractivity (Wildman–Crippen MR) is 69.2 cm³/mol. The van der Waals surface area contributed by atoms with Crippen LogP contribution in [0.2, 0.25) is 0 Å². The van der Waals surface area contributed by atoms with E-state index in [9.17, 15) is 5.11 Å². The molecule has 2 nitrogen and oxygen atoms in total. The van der Waals surface area contributed by atoms with Crippen molar-refractivity contribution in [3.63, 3.8) is 0 Å². The number of rotatable bonds is 2. The Kier molecular flexibility index (Phi) is 3.67. The van der Waals surface area contributed by atoms with Gasteiger partial charge in [-0.3, -0.25) is 0 Å². The quantitative estimate of drug-likeness (QED) is 0.877. The molecule has 0 unspecified atom stereocenters. The second kappa shape index (κ2) is 4.86. The van der Waals surface area contributed by atoms with Gasteiger partial charge in [0.25, 0.3) is 0 Å². The van der Waals surface area contributed by atoms with Crippen LogP contribution < -0.4 is 5.73 Å². The summed E-state index contributed by atoms with van der Waals surface area (Å²) in [6.07, 6.45) is 4.22. The number of hydrogen-bond acceptors (Lipinski definition) is 2. The molecule has 3 heteroatoms. The lowest BCUT2D eigenvalue weighted by Gasteiger charge is -2.35. The molecule has 1 aliphatic rings. The average molecular weight is 284 g/mol. The summed E-state index contributed by atoms with van der Waals surface area (Å²) in [7, 11) is 0. The van der Waals surface area contributed by atoms with Gasteiger partial charge in [0.05, 0.1) is 5.60 Å². The number of halogens is 1. The largest absolute Gasteiger partial charge is 0.390 e. The normalized spacial score (nSPS) is 30.3. The van der Waals surface area contributed by atoms with Crippen molar-refractivity contribution in [2.24, 2.45) is 5.73 Å². The highest BCUT2D eigenvalue weighted by molar-refractivity contribution is 9.10. The molecule has 88 valence electrons. The molecule has 3 N–H and O–H groups in total. The van der Waals surface area contributed by atoms with Crippen molar-refractivity contribution in [3.05, 3.63) is 34.3 Å². The lowest BCUT2D eigenvalue weighted by Crippen LogP contribution is -2.40. The molecule has 0 aromatic heterocycles. The van der Waals surface area contributed by atoms with Gasteiger partial charge in [-0.2, -0.15) is 0 Å². The van der Waals surface area contributed by atoms with Crippen LogP contribution in [0.3, 0.4) is 0 Å². The van der Waals surface area contributed by atoms with Crippen LogP contribution in [0.15, 0.2) is 28.7 Å². The first kappa shape index (κ1) is 12.1. The lowest BCUT2D eigenvalue weighted by molar-refractivity contribution is 0.0000822. The maximum atomic E-state index is 10.5. The third-order valence-corrected chi connectivity index (χ3v) is 4.21. The smallest absolute Gasteiger partial charge is 0.0689 e. The SMILES string of the molecule is NC1CCC(O)(Cc2ccccc2Br)CC1. The molecule has 0 spiro atoms. The molecule has 1 saturated carbocycles. The zero-order valence-electron chi connectivity index (χ0n) is 9.32. The van der Waals surface area contributed by atoms with Crippen molar-refractivity contribution in [2.75, 3.05) is 0 Å². The van der Waals surface area contributed by atoms with E-state index in [4.69, 9.17) is 5.73 Å². The van der Waals surface area contributed by atoms with E-state index in [1.54, 1.807) is 0 Å². The van der Waals surface area contributed by atoms with Gasteiger partial charge >= 0.3 is 0 Å². The van der Waals surface area contributed by atoms with Gasteiger partial charge in [-0.25, -0.2) is 0 Å². The number of hydrogen-bond donors (Lipinski definition) is 2. The summed E-state index contributed by atoms with van der Waals surface area (Å²) in [5.74, 6) is 0. The van der Waals surface area contributed by atoms with Gasteiger partial charge in [0.1, 0.15) is 0 Å². The minimum atomic E-state index is -0.556. The Balaban J connectivity index is 2.07. The Hall–Kier alpha value is -0.380. The van der Waals surface area contributed by atoms with E-state index in [0.717, 1.165) is 36.6 Å². The van der Waals surface area contributed by atoms with Crippen LogP contribution in [0.1, 0.15) is 31.2 Å². The van der Waals surface area contributed by atoms with E-state index < -0.39 is 5.60 Å². The molecule has 1 aromatic carbocycles. The van der Waals surface area contributed by atoms with Crippen LogP contribution in [0.25, 0.3) is 0 Å². The van der Waals surface area contributed by atoms with E-state index in [2.05, 4.69) is 22.0 Å².